The number of anilines is 2. The first kappa shape index (κ1) is 20.5. The van der Waals surface area contributed by atoms with Crippen LogP contribution in [-0.4, -0.2) is 29.4 Å². The normalized spacial score (nSPS) is 12.8. The Kier molecular flexibility index (Phi) is 5.95. The lowest BCUT2D eigenvalue weighted by molar-refractivity contribution is -0.136. The zero-order valence-electron chi connectivity index (χ0n) is 16.0. The Balaban J connectivity index is 1.60. The number of carbonyl (C=O) groups is 3. The highest BCUT2D eigenvalue weighted by Crippen LogP contribution is 2.32. The molecule has 0 spiro atoms. The summed E-state index contributed by atoms with van der Waals surface area (Å²) in [5.74, 6) is -1.97. The van der Waals surface area contributed by atoms with Crippen molar-refractivity contribution in [2.24, 2.45) is 0 Å². The highest BCUT2D eigenvalue weighted by Gasteiger charge is 2.27. The Morgan fingerprint density at radius 1 is 0.966 bits per heavy atom. The van der Waals surface area contributed by atoms with E-state index in [0.29, 0.717) is 16.3 Å². The molecule has 0 aliphatic heterocycles. The number of hydrogen-bond acceptors (Lipinski definition) is 5. The first-order valence-electron chi connectivity index (χ1n) is 8.93. The lowest BCUT2D eigenvalue weighted by atomic mass is 10.0. The summed E-state index contributed by atoms with van der Waals surface area (Å²) < 4.78 is 1.03. The third-order valence-corrected chi connectivity index (χ3v) is 5.57. The molecule has 0 saturated heterocycles. The summed E-state index contributed by atoms with van der Waals surface area (Å²) in [6, 6.07) is 16.1. The van der Waals surface area contributed by atoms with E-state index in [4.69, 9.17) is 0 Å². The van der Waals surface area contributed by atoms with Crippen LogP contribution in [0, 0.1) is 0 Å². The molecule has 7 nitrogen and oxygen atoms in total. The van der Waals surface area contributed by atoms with Crippen LogP contribution in [0.2, 0.25) is 0 Å². The second-order valence-electron chi connectivity index (χ2n) is 6.82. The molecule has 0 saturated carbocycles. The van der Waals surface area contributed by atoms with Gasteiger partial charge in [0.1, 0.15) is 5.60 Å². The Bertz CT molecular complexity index is 1040. The van der Waals surface area contributed by atoms with Gasteiger partial charge in [-0.05, 0) is 42.6 Å². The Morgan fingerprint density at radius 3 is 2.34 bits per heavy atom. The lowest BCUT2D eigenvalue weighted by Gasteiger charge is -2.22. The Hall–Kier alpha value is -3.23. The second-order valence-corrected chi connectivity index (χ2v) is 7.90. The molecular formula is C21H21N3O4S. The van der Waals surface area contributed by atoms with Gasteiger partial charge in [-0.25, -0.2) is 0 Å². The van der Waals surface area contributed by atoms with Crippen molar-refractivity contribution in [2.75, 3.05) is 17.2 Å². The Morgan fingerprint density at radius 2 is 1.66 bits per heavy atom. The summed E-state index contributed by atoms with van der Waals surface area (Å²) in [6.45, 7) is 2.85. The van der Waals surface area contributed by atoms with E-state index in [-0.39, 0.29) is 12.5 Å². The molecule has 0 aliphatic rings. The van der Waals surface area contributed by atoms with Crippen LogP contribution in [0.3, 0.4) is 0 Å². The molecule has 0 fully saturated rings. The van der Waals surface area contributed by atoms with Gasteiger partial charge in [-0.15, -0.1) is 11.3 Å². The van der Waals surface area contributed by atoms with E-state index in [1.165, 1.54) is 18.3 Å². The SMILES string of the molecule is CC(=O)Nc1cccc(NC(=O)C(=O)NCC(C)(O)c2cc3ccccc3s2)c1. The van der Waals surface area contributed by atoms with Crippen molar-refractivity contribution in [2.45, 2.75) is 19.4 Å². The van der Waals surface area contributed by atoms with E-state index in [9.17, 15) is 19.5 Å². The van der Waals surface area contributed by atoms with E-state index < -0.39 is 17.4 Å². The summed E-state index contributed by atoms with van der Waals surface area (Å²) in [5.41, 5.74) is -0.443. The number of fused-ring (bicyclic) bond motifs is 1. The summed E-state index contributed by atoms with van der Waals surface area (Å²) in [4.78, 5) is 36.1. The molecule has 1 heterocycles. The molecule has 150 valence electrons. The largest absolute Gasteiger partial charge is 0.383 e. The molecule has 2 aromatic carbocycles. The fourth-order valence-electron chi connectivity index (χ4n) is 2.73. The van der Waals surface area contributed by atoms with E-state index in [1.807, 2.05) is 30.3 Å². The zero-order chi connectivity index (χ0) is 21.0. The van der Waals surface area contributed by atoms with Crippen molar-refractivity contribution >= 4 is 50.5 Å². The summed E-state index contributed by atoms with van der Waals surface area (Å²) in [6.07, 6.45) is 0. The second kappa shape index (κ2) is 8.42. The zero-order valence-corrected chi connectivity index (χ0v) is 16.8. The molecule has 1 unspecified atom stereocenters. The van der Waals surface area contributed by atoms with E-state index in [1.54, 1.807) is 31.2 Å². The molecule has 0 aliphatic carbocycles. The summed E-state index contributed by atoms with van der Waals surface area (Å²) in [7, 11) is 0. The molecule has 3 rings (SSSR count). The quantitative estimate of drug-likeness (QED) is 0.484. The van der Waals surface area contributed by atoms with Crippen molar-refractivity contribution in [1.29, 1.82) is 0 Å². The van der Waals surface area contributed by atoms with Crippen molar-refractivity contribution < 1.29 is 19.5 Å². The van der Waals surface area contributed by atoms with Gasteiger partial charge < -0.3 is 21.1 Å². The molecule has 0 bridgehead atoms. The predicted molar refractivity (Wildman–Crippen MR) is 114 cm³/mol. The maximum atomic E-state index is 12.2. The highest BCUT2D eigenvalue weighted by atomic mass is 32.1. The maximum absolute atomic E-state index is 12.2. The molecule has 4 N–H and O–H groups in total. The van der Waals surface area contributed by atoms with Gasteiger partial charge >= 0.3 is 11.8 Å². The lowest BCUT2D eigenvalue weighted by Crippen LogP contribution is -2.42. The van der Waals surface area contributed by atoms with E-state index >= 15 is 0 Å². The fourth-order valence-corrected chi connectivity index (χ4v) is 3.84. The third-order valence-electron chi connectivity index (χ3n) is 4.20. The monoisotopic (exact) mass is 411 g/mol. The van der Waals surface area contributed by atoms with Crippen molar-refractivity contribution in [3.8, 4) is 0 Å². The average Bonchev–Trinajstić information content (AvgIpc) is 3.11. The summed E-state index contributed by atoms with van der Waals surface area (Å²) in [5, 5.41) is 19.3. The van der Waals surface area contributed by atoms with E-state index in [2.05, 4.69) is 16.0 Å². The standard InChI is InChI=1S/C21H21N3O4S/c1-13(25)23-15-7-5-8-16(11-15)24-20(27)19(26)22-12-21(2,28)18-10-14-6-3-4-9-17(14)29-18/h3-11,28H,12H2,1-2H3,(H,22,26)(H,23,25)(H,24,27). The first-order chi connectivity index (χ1) is 13.7. The Labute approximate surface area is 171 Å². The van der Waals surface area contributed by atoms with Gasteiger partial charge in [0, 0.05) is 27.9 Å². The number of hydrogen-bond donors (Lipinski definition) is 4. The fraction of sp³-hybridized carbons (Fsp3) is 0.190. The number of thiophene rings is 1. The molecule has 1 atom stereocenters. The highest BCUT2D eigenvalue weighted by molar-refractivity contribution is 7.19. The molecule has 29 heavy (non-hydrogen) atoms. The molecule has 0 radical (unpaired) electrons. The van der Waals surface area contributed by atoms with Crippen LogP contribution in [-0.2, 0) is 20.0 Å². The van der Waals surface area contributed by atoms with Gasteiger partial charge in [0.25, 0.3) is 0 Å². The van der Waals surface area contributed by atoms with Gasteiger partial charge in [-0.3, -0.25) is 14.4 Å². The van der Waals surface area contributed by atoms with Crippen molar-refractivity contribution in [3.63, 3.8) is 0 Å². The average molecular weight is 411 g/mol. The van der Waals surface area contributed by atoms with E-state index in [0.717, 1.165) is 10.1 Å². The molecular weight excluding hydrogens is 390 g/mol. The van der Waals surface area contributed by atoms with Gasteiger partial charge in [-0.2, -0.15) is 0 Å². The minimum Gasteiger partial charge on any atom is -0.383 e. The first-order valence-corrected chi connectivity index (χ1v) is 9.74. The van der Waals surface area contributed by atoms with Gasteiger partial charge in [-0.1, -0.05) is 24.3 Å². The van der Waals surface area contributed by atoms with Crippen LogP contribution in [0.4, 0.5) is 11.4 Å². The molecule has 3 amide bonds. The molecule has 8 heteroatoms. The van der Waals surface area contributed by atoms with Gasteiger partial charge in [0.05, 0.1) is 6.54 Å². The number of benzene rings is 2. The molecule has 3 aromatic rings. The molecule has 1 aromatic heterocycles. The van der Waals surface area contributed by atoms with Crippen molar-refractivity contribution in [1.82, 2.24) is 5.32 Å². The number of nitrogens with one attached hydrogen (secondary N) is 3. The predicted octanol–water partition coefficient (Wildman–Crippen LogP) is 2.82. The smallest absolute Gasteiger partial charge is 0.313 e. The number of amides is 3. The van der Waals surface area contributed by atoms with Crippen LogP contribution in [0.25, 0.3) is 10.1 Å². The number of rotatable bonds is 5. The minimum atomic E-state index is -1.31. The topological polar surface area (TPSA) is 108 Å². The van der Waals surface area contributed by atoms with Crippen molar-refractivity contribution in [3.05, 3.63) is 59.5 Å². The van der Waals surface area contributed by atoms with Crippen LogP contribution in [0.15, 0.2) is 54.6 Å². The van der Waals surface area contributed by atoms with Crippen LogP contribution < -0.4 is 16.0 Å². The van der Waals surface area contributed by atoms with Crippen LogP contribution in [0.1, 0.15) is 18.7 Å². The minimum absolute atomic E-state index is 0.113. The summed E-state index contributed by atoms with van der Waals surface area (Å²) >= 11 is 1.44. The van der Waals surface area contributed by atoms with Crippen LogP contribution in [0.5, 0.6) is 0 Å². The maximum Gasteiger partial charge on any atom is 0.313 e. The number of carbonyl (C=O) groups excluding carboxylic acids is 3. The number of aliphatic hydroxyl groups is 1. The van der Waals surface area contributed by atoms with Gasteiger partial charge in [0.15, 0.2) is 0 Å². The third kappa shape index (κ3) is 5.18. The van der Waals surface area contributed by atoms with Gasteiger partial charge in [0.2, 0.25) is 5.91 Å². The van der Waals surface area contributed by atoms with Crippen LogP contribution >= 0.6 is 11.3 Å².